The van der Waals surface area contributed by atoms with E-state index >= 15 is 0 Å². The maximum atomic E-state index is 9.74. The monoisotopic (exact) mass is 223 g/mol. The van der Waals surface area contributed by atoms with Crippen LogP contribution in [0.5, 0.6) is 5.75 Å². The molecule has 3 nitrogen and oxygen atoms in total. The van der Waals surface area contributed by atoms with Gasteiger partial charge in [-0.15, -0.1) is 0 Å². The number of phenolic OH excluding ortho intramolecular Hbond substituents is 1. The van der Waals surface area contributed by atoms with Crippen LogP contribution < -0.4 is 5.73 Å². The number of hydrogen-bond donors (Lipinski definition) is 3. The molecule has 1 atom stereocenters. The second kappa shape index (κ2) is 4.85. The van der Waals surface area contributed by atoms with E-state index in [1.165, 1.54) is 0 Å². The lowest BCUT2D eigenvalue weighted by Crippen LogP contribution is -2.15. The van der Waals surface area contributed by atoms with Crippen molar-refractivity contribution in [2.75, 3.05) is 6.61 Å². The van der Waals surface area contributed by atoms with Crippen LogP contribution in [0.2, 0.25) is 0 Å². The van der Waals surface area contributed by atoms with Crippen molar-refractivity contribution in [3.63, 3.8) is 0 Å². The summed E-state index contributed by atoms with van der Waals surface area (Å²) >= 11 is 0. The summed E-state index contributed by atoms with van der Waals surface area (Å²) in [7, 11) is 0. The molecule has 0 radical (unpaired) electrons. The number of benzene rings is 1. The summed E-state index contributed by atoms with van der Waals surface area (Å²) in [6.07, 6.45) is 0.459. The molecule has 0 saturated carbocycles. The Labute approximate surface area is 96.9 Å². The van der Waals surface area contributed by atoms with Gasteiger partial charge in [0.2, 0.25) is 0 Å². The highest BCUT2D eigenvalue weighted by molar-refractivity contribution is 5.40. The third kappa shape index (κ3) is 2.97. The van der Waals surface area contributed by atoms with E-state index in [-0.39, 0.29) is 23.8 Å². The smallest absolute Gasteiger partial charge is 0.120 e. The summed E-state index contributed by atoms with van der Waals surface area (Å²) in [4.78, 5) is 0. The molecule has 0 spiro atoms. The minimum Gasteiger partial charge on any atom is -0.508 e. The zero-order chi connectivity index (χ0) is 12.3. The number of hydrogen-bond acceptors (Lipinski definition) is 3. The highest BCUT2D eigenvalue weighted by Crippen LogP contribution is 2.30. The molecule has 16 heavy (non-hydrogen) atoms. The third-order valence-corrected chi connectivity index (χ3v) is 2.73. The molecule has 0 aliphatic heterocycles. The molecule has 0 amide bonds. The molecular weight excluding hydrogens is 202 g/mol. The molecule has 0 saturated heterocycles. The maximum Gasteiger partial charge on any atom is 0.120 e. The lowest BCUT2D eigenvalue weighted by atomic mass is 9.85. The Kier molecular flexibility index (Phi) is 3.94. The van der Waals surface area contributed by atoms with Gasteiger partial charge in [-0.2, -0.15) is 0 Å². The first kappa shape index (κ1) is 13.0. The topological polar surface area (TPSA) is 66.5 Å². The SMILES string of the molecule is CC(C)(C)c1ccc(O)c(C(N)CCO)c1. The molecule has 0 aliphatic carbocycles. The fourth-order valence-electron chi connectivity index (χ4n) is 1.61. The van der Waals surface area contributed by atoms with Gasteiger partial charge in [0.15, 0.2) is 0 Å². The lowest BCUT2D eigenvalue weighted by molar-refractivity contribution is 0.275. The number of aliphatic hydroxyl groups is 1. The summed E-state index contributed by atoms with van der Waals surface area (Å²) in [6, 6.07) is 5.19. The second-order valence-corrected chi connectivity index (χ2v) is 5.14. The zero-order valence-electron chi connectivity index (χ0n) is 10.2. The van der Waals surface area contributed by atoms with E-state index in [1.54, 1.807) is 6.07 Å². The molecule has 0 heterocycles. The van der Waals surface area contributed by atoms with Crippen molar-refractivity contribution >= 4 is 0 Å². The Morgan fingerprint density at radius 3 is 2.44 bits per heavy atom. The fourth-order valence-corrected chi connectivity index (χ4v) is 1.61. The number of aromatic hydroxyl groups is 1. The van der Waals surface area contributed by atoms with Crippen LogP contribution >= 0.6 is 0 Å². The Morgan fingerprint density at radius 2 is 1.94 bits per heavy atom. The molecule has 0 fully saturated rings. The van der Waals surface area contributed by atoms with Crippen molar-refractivity contribution in [3.8, 4) is 5.75 Å². The Balaban J connectivity index is 3.09. The average molecular weight is 223 g/mol. The normalized spacial score (nSPS) is 13.8. The van der Waals surface area contributed by atoms with Crippen LogP contribution in [-0.2, 0) is 5.41 Å². The molecule has 0 bridgehead atoms. The largest absolute Gasteiger partial charge is 0.508 e. The van der Waals surface area contributed by atoms with Crippen molar-refractivity contribution in [2.45, 2.75) is 38.6 Å². The van der Waals surface area contributed by atoms with E-state index < -0.39 is 0 Å². The summed E-state index contributed by atoms with van der Waals surface area (Å²) in [5.41, 5.74) is 7.77. The molecular formula is C13H21NO2. The van der Waals surface area contributed by atoms with Crippen LogP contribution in [-0.4, -0.2) is 16.8 Å². The van der Waals surface area contributed by atoms with Crippen molar-refractivity contribution in [1.29, 1.82) is 0 Å². The second-order valence-electron chi connectivity index (χ2n) is 5.14. The number of aliphatic hydroxyl groups excluding tert-OH is 1. The van der Waals surface area contributed by atoms with E-state index in [1.807, 2.05) is 12.1 Å². The molecule has 1 unspecified atom stereocenters. The van der Waals surface area contributed by atoms with E-state index in [0.29, 0.717) is 12.0 Å². The van der Waals surface area contributed by atoms with Gasteiger partial charge in [0.1, 0.15) is 5.75 Å². The standard InChI is InChI=1S/C13H21NO2/c1-13(2,3)9-4-5-12(16)10(8-9)11(14)6-7-15/h4-5,8,11,15-16H,6-7,14H2,1-3H3. The van der Waals surface area contributed by atoms with Crippen LogP contribution in [0, 0.1) is 0 Å². The van der Waals surface area contributed by atoms with E-state index in [2.05, 4.69) is 20.8 Å². The predicted molar refractivity (Wildman–Crippen MR) is 65.4 cm³/mol. The molecule has 1 aromatic carbocycles. The van der Waals surface area contributed by atoms with Crippen molar-refractivity contribution < 1.29 is 10.2 Å². The molecule has 1 aromatic rings. The van der Waals surface area contributed by atoms with Crippen molar-refractivity contribution in [3.05, 3.63) is 29.3 Å². The first-order valence-electron chi connectivity index (χ1n) is 5.56. The van der Waals surface area contributed by atoms with Gasteiger partial charge in [-0.3, -0.25) is 0 Å². The third-order valence-electron chi connectivity index (χ3n) is 2.73. The van der Waals surface area contributed by atoms with Gasteiger partial charge in [-0.05, 0) is 23.5 Å². The number of phenols is 1. The quantitative estimate of drug-likeness (QED) is 0.735. The zero-order valence-corrected chi connectivity index (χ0v) is 10.2. The maximum absolute atomic E-state index is 9.74. The number of rotatable bonds is 3. The Bertz CT molecular complexity index is 355. The Hall–Kier alpha value is -1.06. The summed E-state index contributed by atoms with van der Waals surface area (Å²) < 4.78 is 0. The lowest BCUT2D eigenvalue weighted by Gasteiger charge is -2.22. The van der Waals surface area contributed by atoms with E-state index in [0.717, 1.165) is 5.56 Å². The minimum absolute atomic E-state index is 0.0281. The van der Waals surface area contributed by atoms with Gasteiger partial charge in [-0.25, -0.2) is 0 Å². The first-order chi connectivity index (χ1) is 7.36. The van der Waals surface area contributed by atoms with Crippen LogP contribution in [0.15, 0.2) is 18.2 Å². The van der Waals surface area contributed by atoms with E-state index in [4.69, 9.17) is 10.8 Å². The van der Waals surface area contributed by atoms with Gasteiger partial charge in [-0.1, -0.05) is 32.9 Å². The van der Waals surface area contributed by atoms with E-state index in [9.17, 15) is 5.11 Å². The molecule has 4 N–H and O–H groups in total. The van der Waals surface area contributed by atoms with Crippen molar-refractivity contribution in [2.24, 2.45) is 5.73 Å². The number of nitrogens with two attached hydrogens (primary N) is 1. The fraction of sp³-hybridized carbons (Fsp3) is 0.538. The summed E-state index contributed by atoms with van der Waals surface area (Å²) in [5, 5.41) is 18.6. The van der Waals surface area contributed by atoms with Gasteiger partial charge in [0, 0.05) is 18.2 Å². The highest BCUT2D eigenvalue weighted by atomic mass is 16.3. The minimum atomic E-state index is -0.313. The van der Waals surface area contributed by atoms with Crippen LogP contribution in [0.4, 0.5) is 0 Å². The van der Waals surface area contributed by atoms with Crippen LogP contribution in [0.1, 0.15) is 44.4 Å². The molecule has 1 rings (SSSR count). The molecule has 0 aliphatic rings. The van der Waals surface area contributed by atoms with Gasteiger partial charge in [0.05, 0.1) is 0 Å². The van der Waals surface area contributed by atoms with Crippen LogP contribution in [0.25, 0.3) is 0 Å². The molecule has 90 valence electrons. The van der Waals surface area contributed by atoms with Crippen LogP contribution in [0.3, 0.4) is 0 Å². The van der Waals surface area contributed by atoms with Crippen molar-refractivity contribution in [1.82, 2.24) is 0 Å². The first-order valence-corrected chi connectivity index (χ1v) is 5.56. The predicted octanol–water partition coefficient (Wildman–Crippen LogP) is 2.07. The summed E-state index contributed by atoms with van der Waals surface area (Å²) in [5.74, 6) is 0.203. The summed E-state index contributed by atoms with van der Waals surface area (Å²) in [6.45, 7) is 6.36. The van der Waals surface area contributed by atoms with Gasteiger partial charge >= 0.3 is 0 Å². The van der Waals surface area contributed by atoms with Gasteiger partial charge < -0.3 is 15.9 Å². The van der Waals surface area contributed by atoms with Gasteiger partial charge in [0.25, 0.3) is 0 Å². The highest BCUT2D eigenvalue weighted by Gasteiger charge is 2.17. The molecule has 3 heteroatoms. The average Bonchev–Trinajstić information content (AvgIpc) is 2.16. The molecule has 0 aromatic heterocycles. The Morgan fingerprint density at radius 1 is 1.31 bits per heavy atom.